The molecule has 25 heavy (non-hydrogen) atoms. The van der Waals surface area contributed by atoms with Gasteiger partial charge >= 0.3 is 0 Å². The number of aryl methyl sites for hydroxylation is 1. The molecule has 0 bridgehead atoms. The van der Waals surface area contributed by atoms with Crippen molar-refractivity contribution in [1.29, 1.82) is 0 Å². The minimum absolute atomic E-state index is 0.0779. The van der Waals surface area contributed by atoms with Crippen LogP contribution in [-0.4, -0.2) is 22.8 Å². The summed E-state index contributed by atoms with van der Waals surface area (Å²) in [5, 5.41) is 13.1. The number of hydrogen-bond acceptors (Lipinski definition) is 5. The van der Waals surface area contributed by atoms with Crippen LogP contribution in [0, 0.1) is 6.92 Å². The summed E-state index contributed by atoms with van der Waals surface area (Å²) in [5.74, 6) is 0.282. The van der Waals surface area contributed by atoms with Crippen LogP contribution < -0.4 is 10.1 Å². The molecule has 128 valence electrons. The Hall–Kier alpha value is -2.73. The standard InChI is InChI=1S/C19H18N2O3S/c1-3-24-16-10-13(6-9-15(16)22)11-17-18(23)21-19(25-17)20-14-7-4-12(2)5-8-14/h4-11,22H,3H2,1-2H3,(H,20,21,23)/b17-11-. The number of nitrogens with zero attached hydrogens (tertiary/aromatic N) is 1. The molecule has 6 heteroatoms. The number of phenols is 1. The van der Waals surface area contributed by atoms with Crippen molar-refractivity contribution in [2.45, 2.75) is 13.8 Å². The van der Waals surface area contributed by atoms with Gasteiger partial charge in [0.15, 0.2) is 16.7 Å². The summed E-state index contributed by atoms with van der Waals surface area (Å²) in [6.07, 6.45) is 1.75. The van der Waals surface area contributed by atoms with E-state index in [0.29, 0.717) is 22.4 Å². The van der Waals surface area contributed by atoms with Crippen molar-refractivity contribution < 1.29 is 14.6 Å². The minimum atomic E-state index is -0.193. The SMILES string of the molecule is CCOc1cc(/C=C2\SC(=Nc3ccc(C)cc3)NC2=O)ccc1O. The number of rotatable bonds is 4. The minimum Gasteiger partial charge on any atom is -0.504 e. The highest BCUT2D eigenvalue weighted by Crippen LogP contribution is 2.31. The van der Waals surface area contributed by atoms with Crippen molar-refractivity contribution in [3.8, 4) is 11.5 Å². The van der Waals surface area contributed by atoms with Crippen LogP contribution in [0.1, 0.15) is 18.1 Å². The molecular weight excluding hydrogens is 336 g/mol. The predicted molar refractivity (Wildman–Crippen MR) is 101 cm³/mol. The van der Waals surface area contributed by atoms with Gasteiger partial charge in [-0.25, -0.2) is 4.99 Å². The third kappa shape index (κ3) is 4.22. The van der Waals surface area contributed by atoms with E-state index in [9.17, 15) is 9.90 Å². The lowest BCUT2D eigenvalue weighted by Crippen LogP contribution is -2.19. The van der Waals surface area contributed by atoms with E-state index in [2.05, 4.69) is 10.3 Å². The maximum absolute atomic E-state index is 12.1. The number of nitrogens with one attached hydrogen (secondary N) is 1. The molecule has 0 aliphatic carbocycles. The number of phenolic OH excluding ortho intramolecular Hbond substituents is 1. The number of amidine groups is 1. The van der Waals surface area contributed by atoms with Crippen LogP contribution in [0.2, 0.25) is 0 Å². The Kier molecular flexibility index (Phi) is 5.09. The molecule has 0 unspecified atom stereocenters. The monoisotopic (exact) mass is 354 g/mol. The number of amides is 1. The van der Waals surface area contributed by atoms with Gasteiger partial charge in [0.05, 0.1) is 17.2 Å². The van der Waals surface area contributed by atoms with Crippen LogP contribution in [0.5, 0.6) is 11.5 Å². The van der Waals surface area contributed by atoms with E-state index in [1.807, 2.05) is 38.1 Å². The molecule has 1 fully saturated rings. The van der Waals surface area contributed by atoms with E-state index in [-0.39, 0.29) is 11.7 Å². The van der Waals surface area contributed by atoms with Gasteiger partial charge in [0.2, 0.25) is 0 Å². The Bertz CT molecular complexity index is 857. The molecule has 0 aromatic heterocycles. The second-order valence-corrected chi connectivity index (χ2v) is 6.51. The molecule has 5 nitrogen and oxygen atoms in total. The van der Waals surface area contributed by atoms with Crippen molar-refractivity contribution in [2.24, 2.45) is 4.99 Å². The highest BCUT2D eigenvalue weighted by molar-refractivity contribution is 8.18. The average Bonchev–Trinajstić information content (AvgIpc) is 2.92. The van der Waals surface area contributed by atoms with Gasteiger partial charge in [0, 0.05) is 0 Å². The zero-order chi connectivity index (χ0) is 17.8. The van der Waals surface area contributed by atoms with Gasteiger partial charge in [-0.15, -0.1) is 0 Å². The largest absolute Gasteiger partial charge is 0.504 e. The van der Waals surface area contributed by atoms with Crippen LogP contribution in [-0.2, 0) is 4.79 Å². The van der Waals surface area contributed by atoms with Gasteiger partial charge in [0.1, 0.15) is 0 Å². The van der Waals surface area contributed by atoms with E-state index in [0.717, 1.165) is 16.8 Å². The Morgan fingerprint density at radius 3 is 2.72 bits per heavy atom. The lowest BCUT2D eigenvalue weighted by molar-refractivity contribution is -0.115. The number of aliphatic imine (C=N–C) groups is 1. The summed E-state index contributed by atoms with van der Waals surface area (Å²) in [6.45, 7) is 4.31. The molecule has 2 aromatic rings. The fourth-order valence-corrected chi connectivity index (χ4v) is 3.10. The molecule has 1 saturated heterocycles. The summed E-state index contributed by atoms with van der Waals surface area (Å²) in [4.78, 5) is 17.1. The number of ether oxygens (including phenoxy) is 1. The van der Waals surface area contributed by atoms with E-state index in [4.69, 9.17) is 4.74 Å². The smallest absolute Gasteiger partial charge is 0.264 e. The maximum atomic E-state index is 12.1. The Morgan fingerprint density at radius 1 is 1.24 bits per heavy atom. The van der Waals surface area contributed by atoms with Crippen LogP contribution in [0.3, 0.4) is 0 Å². The number of carbonyl (C=O) groups excluding carboxylic acids is 1. The number of thioether (sulfide) groups is 1. The van der Waals surface area contributed by atoms with Crippen molar-refractivity contribution >= 4 is 34.6 Å². The molecular formula is C19H18N2O3S. The van der Waals surface area contributed by atoms with Gasteiger partial charge in [-0.1, -0.05) is 23.8 Å². The van der Waals surface area contributed by atoms with Crippen molar-refractivity contribution in [1.82, 2.24) is 5.32 Å². The van der Waals surface area contributed by atoms with Crippen molar-refractivity contribution in [3.63, 3.8) is 0 Å². The summed E-state index contributed by atoms with van der Waals surface area (Å²) in [6, 6.07) is 12.8. The van der Waals surface area contributed by atoms with Gasteiger partial charge in [-0.2, -0.15) is 0 Å². The van der Waals surface area contributed by atoms with E-state index >= 15 is 0 Å². The summed E-state index contributed by atoms with van der Waals surface area (Å²) >= 11 is 1.28. The second-order valence-electron chi connectivity index (χ2n) is 5.48. The van der Waals surface area contributed by atoms with Crippen molar-refractivity contribution in [3.05, 3.63) is 58.5 Å². The Balaban J connectivity index is 1.81. The molecule has 3 rings (SSSR count). The predicted octanol–water partition coefficient (Wildman–Crippen LogP) is 3.99. The first-order valence-corrected chi connectivity index (χ1v) is 8.69. The summed E-state index contributed by atoms with van der Waals surface area (Å²) in [7, 11) is 0. The van der Waals surface area contributed by atoms with Gasteiger partial charge in [-0.3, -0.25) is 4.79 Å². The molecule has 0 saturated carbocycles. The highest BCUT2D eigenvalue weighted by atomic mass is 32.2. The third-order valence-corrected chi connectivity index (χ3v) is 4.41. The van der Waals surface area contributed by atoms with Crippen molar-refractivity contribution in [2.75, 3.05) is 6.61 Å². The summed E-state index contributed by atoms with van der Waals surface area (Å²) in [5.41, 5.74) is 2.72. The van der Waals surface area contributed by atoms with E-state index < -0.39 is 0 Å². The third-order valence-electron chi connectivity index (χ3n) is 3.50. The lowest BCUT2D eigenvalue weighted by Gasteiger charge is -2.06. The van der Waals surface area contributed by atoms with Gasteiger partial charge < -0.3 is 15.2 Å². The van der Waals surface area contributed by atoms with E-state index in [1.54, 1.807) is 24.3 Å². The molecule has 1 aliphatic rings. The van der Waals surface area contributed by atoms with Crippen LogP contribution >= 0.6 is 11.8 Å². The second kappa shape index (κ2) is 7.44. The number of hydrogen-bond donors (Lipinski definition) is 2. The molecule has 0 spiro atoms. The van der Waals surface area contributed by atoms with Crippen LogP contribution in [0.15, 0.2) is 52.4 Å². The van der Waals surface area contributed by atoms with E-state index in [1.165, 1.54) is 11.8 Å². The normalized spacial score (nSPS) is 17.1. The van der Waals surface area contributed by atoms with Gasteiger partial charge in [-0.05, 0) is 61.5 Å². The maximum Gasteiger partial charge on any atom is 0.264 e. The Morgan fingerprint density at radius 2 is 2.00 bits per heavy atom. The average molecular weight is 354 g/mol. The summed E-state index contributed by atoms with van der Waals surface area (Å²) < 4.78 is 5.37. The van der Waals surface area contributed by atoms with Crippen LogP contribution in [0.25, 0.3) is 6.08 Å². The number of aromatic hydroxyl groups is 1. The quantitative estimate of drug-likeness (QED) is 0.815. The lowest BCUT2D eigenvalue weighted by atomic mass is 10.2. The molecule has 0 atom stereocenters. The first-order valence-electron chi connectivity index (χ1n) is 7.87. The zero-order valence-corrected chi connectivity index (χ0v) is 14.8. The molecule has 1 heterocycles. The van der Waals surface area contributed by atoms with Crippen LogP contribution in [0.4, 0.5) is 5.69 Å². The fourth-order valence-electron chi connectivity index (χ4n) is 2.26. The number of carbonyl (C=O) groups is 1. The topological polar surface area (TPSA) is 70.9 Å². The molecule has 1 aliphatic heterocycles. The molecule has 1 amide bonds. The first kappa shape index (κ1) is 17.1. The zero-order valence-electron chi connectivity index (χ0n) is 13.9. The molecule has 0 radical (unpaired) electrons. The fraction of sp³-hybridized carbons (Fsp3) is 0.158. The number of benzene rings is 2. The Labute approximate surface area is 150 Å². The molecule has 2 aromatic carbocycles. The van der Waals surface area contributed by atoms with Gasteiger partial charge in [0.25, 0.3) is 5.91 Å². The highest BCUT2D eigenvalue weighted by Gasteiger charge is 2.23. The molecule has 2 N–H and O–H groups in total. The first-order chi connectivity index (χ1) is 12.0.